The zero-order chi connectivity index (χ0) is 17.8. The summed E-state index contributed by atoms with van der Waals surface area (Å²) < 4.78 is 1.20. The number of halogens is 1. The molecule has 2 aliphatic heterocycles. The second-order valence-electron chi connectivity index (χ2n) is 8.85. The van der Waals surface area contributed by atoms with E-state index in [4.69, 9.17) is 0 Å². The molecule has 2 saturated heterocycles. The molecule has 2 bridgehead atoms. The lowest BCUT2D eigenvalue weighted by molar-refractivity contribution is -0.931. The van der Waals surface area contributed by atoms with Gasteiger partial charge in [0.05, 0.1) is 26.2 Å². The van der Waals surface area contributed by atoms with Crippen LogP contribution in [0, 0.1) is 19.8 Å². The topological polar surface area (TPSA) is 20.2 Å². The minimum absolute atomic E-state index is 0. The summed E-state index contributed by atoms with van der Waals surface area (Å²) in [6.07, 6.45) is 6.12. The largest absolute Gasteiger partial charge is 1.00 e. The Morgan fingerprint density at radius 3 is 1.81 bits per heavy atom. The highest BCUT2D eigenvalue weighted by molar-refractivity contribution is 7.08. The van der Waals surface area contributed by atoms with Gasteiger partial charge in [-0.05, 0) is 58.8 Å². The minimum Gasteiger partial charge on any atom is -1.00 e. The van der Waals surface area contributed by atoms with Gasteiger partial charge in [-0.15, -0.1) is 0 Å². The molecule has 0 spiro atoms. The molecule has 4 rings (SSSR count). The van der Waals surface area contributed by atoms with Crippen LogP contribution in [-0.4, -0.2) is 35.8 Å². The van der Waals surface area contributed by atoms with E-state index in [9.17, 15) is 5.11 Å². The predicted molar refractivity (Wildman–Crippen MR) is 107 cm³/mol. The lowest BCUT2D eigenvalue weighted by Crippen LogP contribution is -3.00. The van der Waals surface area contributed by atoms with Crippen LogP contribution in [0.15, 0.2) is 21.5 Å². The van der Waals surface area contributed by atoms with Crippen molar-refractivity contribution in [3.05, 3.63) is 43.8 Å². The molecule has 0 aliphatic carbocycles. The molecule has 26 heavy (non-hydrogen) atoms. The Bertz CT molecular complexity index is 709. The maximum Gasteiger partial charge on any atom is 0.117 e. The second-order valence-corrected chi connectivity index (χ2v) is 10.3. The summed E-state index contributed by atoms with van der Waals surface area (Å²) in [5.74, 6) is 0.618. The van der Waals surface area contributed by atoms with Crippen LogP contribution in [0.3, 0.4) is 0 Å². The number of fused-ring (bicyclic) bond motifs is 2. The van der Waals surface area contributed by atoms with Crippen molar-refractivity contribution in [3.63, 3.8) is 0 Å². The lowest BCUT2D eigenvalue weighted by Gasteiger charge is -2.46. The molecular formula is C21H30BrNOS2. The Morgan fingerprint density at radius 2 is 1.42 bits per heavy atom. The van der Waals surface area contributed by atoms with E-state index in [0.717, 1.165) is 29.6 Å². The number of hydrogen-bond donors (Lipinski definition) is 1. The summed E-state index contributed by atoms with van der Waals surface area (Å²) in [6, 6.07) is 1.56. The maximum atomic E-state index is 12.0. The molecule has 0 radical (unpaired) electrons. The predicted octanol–water partition coefficient (Wildman–Crippen LogP) is 2.07. The summed E-state index contributed by atoms with van der Waals surface area (Å²) in [5.41, 5.74) is 3.89. The van der Waals surface area contributed by atoms with Crippen LogP contribution in [0.1, 0.15) is 54.4 Å². The standard InChI is InChI=1S/C21H30NOS2.BrH/c1-14-10-24-12-19(14)21(23,20-13-25-11-15(20)2)9-16-7-17-5-6-18(8-16)22(17,3)4;/h10-13,16-18,23H,5-9H2,1-4H3;1H/q+1;/p-1. The summed E-state index contributed by atoms with van der Waals surface area (Å²) >= 11 is 3.42. The van der Waals surface area contributed by atoms with Crippen LogP contribution in [0.5, 0.6) is 0 Å². The number of hydrogen-bond acceptors (Lipinski definition) is 3. The molecule has 2 aromatic rings. The highest BCUT2D eigenvalue weighted by Gasteiger charge is 2.50. The average molecular weight is 457 g/mol. The molecule has 5 heteroatoms. The van der Waals surface area contributed by atoms with Crippen molar-refractivity contribution in [3.8, 4) is 0 Å². The summed E-state index contributed by atoms with van der Waals surface area (Å²) in [6.45, 7) is 4.28. The Balaban J connectivity index is 0.00000196. The van der Waals surface area contributed by atoms with Gasteiger partial charge >= 0.3 is 0 Å². The first kappa shape index (κ1) is 20.5. The van der Waals surface area contributed by atoms with Crippen LogP contribution in [0.25, 0.3) is 0 Å². The van der Waals surface area contributed by atoms with E-state index in [1.54, 1.807) is 22.7 Å². The molecule has 4 heterocycles. The minimum atomic E-state index is -0.827. The third-order valence-corrected chi connectivity index (χ3v) is 8.84. The van der Waals surface area contributed by atoms with Crippen molar-refractivity contribution in [2.75, 3.05) is 14.1 Å². The molecule has 0 amide bonds. The van der Waals surface area contributed by atoms with Gasteiger partial charge < -0.3 is 26.6 Å². The zero-order valence-corrected chi connectivity index (χ0v) is 19.4. The van der Waals surface area contributed by atoms with Crippen molar-refractivity contribution in [2.24, 2.45) is 5.92 Å². The van der Waals surface area contributed by atoms with Gasteiger partial charge in [0.25, 0.3) is 0 Å². The van der Waals surface area contributed by atoms with Gasteiger partial charge in [-0.3, -0.25) is 0 Å². The Labute approximate surface area is 176 Å². The van der Waals surface area contributed by atoms with Gasteiger partial charge in [0.15, 0.2) is 0 Å². The third kappa shape index (κ3) is 3.24. The van der Waals surface area contributed by atoms with Crippen LogP contribution >= 0.6 is 22.7 Å². The Hall–Kier alpha value is -0.200. The molecule has 1 N–H and O–H groups in total. The van der Waals surface area contributed by atoms with Crippen molar-refractivity contribution in [1.82, 2.24) is 0 Å². The number of aliphatic hydroxyl groups is 1. The quantitative estimate of drug-likeness (QED) is 0.699. The second kappa shape index (κ2) is 7.32. The lowest BCUT2D eigenvalue weighted by atomic mass is 9.74. The molecule has 0 aromatic carbocycles. The van der Waals surface area contributed by atoms with Gasteiger partial charge in [0.1, 0.15) is 5.60 Å². The van der Waals surface area contributed by atoms with Crippen LogP contribution in [0.2, 0.25) is 0 Å². The Kier molecular flexibility index (Phi) is 5.78. The van der Waals surface area contributed by atoms with E-state index in [2.05, 4.69) is 49.5 Å². The molecule has 2 atom stereocenters. The van der Waals surface area contributed by atoms with Gasteiger partial charge in [0, 0.05) is 36.8 Å². The van der Waals surface area contributed by atoms with Crippen molar-refractivity contribution < 1.29 is 26.6 Å². The van der Waals surface area contributed by atoms with Gasteiger partial charge in [-0.2, -0.15) is 22.7 Å². The fourth-order valence-corrected chi connectivity index (χ4v) is 7.34. The first-order chi connectivity index (χ1) is 11.8. The zero-order valence-electron chi connectivity index (χ0n) is 16.2. The van der Waals surface area contributed by atoms with Crippen LogP contribution in [-0.2, 0) is 5.60 Å². The summed E-state index contributed by atoms with van der Waals surface area (Å²) in [7, 11) is 4.83. The Morgan fingerprint density at radius 1 is 0.962 bits per heavy atom. The number of piperidine rings is 1. The van der Waals surface area contributed by atoms with E-state index < -0.39 is 5.60 Å². The monoisotopic (exact) mass is 455 g/mol. The molecular weight excluding hydrogens is 426 g/mol. The SMILES string of the molecule is Cc1cscc1C(O)(CC1CC2CCC(C1)[N+]2(C)C)c1cscc1C.[Br-]. The fourth-order valence-electron chi connectivity index (χ4n) is 5.51. The van der Waals surface area contributed by atoms with E-state index in [1.165, 1.54) is 41.3 Å². The normalized spacial score (nSPS) is 27.3. The third-order valence-electron chi connectivity index (χ3n) is 7.11. The highest BCUT2D eigenvalue weighted by Crippen LogP contribution is 2.48. The first-order valence-corrected chi connectivity index (χ1v) is 11.3. The smallest absolute Gasteiger partial charge is 0.117 e. The van der Waals surface area contributed by atoms with E-state index in [-0.39, 0.29) is 17.0 Å². The van der Waals surface area contributed by atoms with Crippen LogP contribution < -0.4 is 17.0 Å². The molecule has 2 aromatic heterocycles. The van der Waals surface area contributed by atoms with Crippen molar-refractivity contribution in [1.29, 1.82) is 0 Å². The van der Waals surface area contributed by atoms with Gasteiger partial charge in [0.2, 0.25) is 0 Å². The van der Waals surface area contributed by atoms with Crippen molar-refractivity contribution in [2.45, 2.75) is 63.6 Å². The van der Waals surface area contributed by atoms with Gasteiger partial charge in [-0.25, -0.2) is 0 Å². The number of aryl methyl sites for hydroxylation is 2. The maximum absolute atomic E-state index is 12.0. The fraction of sp³-hybridized carbons (Fsp3) is 0.619. The summed E-state index contributed by atoms with van der Waals surface area (Å²) in [5, 5.41) is 20.7. The number of thiophene rings is 2. The summed E-state index contributed by atoms with van der Waals surface area (Å²) in [4.78, 5) is 0. The van der Waals surface area contributed by atoms with E-state index in [0.29, 0.717) is 5.92 Å². The van der Waals surface area contributed by atoms with E-state index >= 15 is 0 Å². The molecule has 2 nitrogen and oxygen atoms in total. The average Bonchev–Trinajstić information content (AvgIpc) is 3.18. The molecule has 144 valence electrons. The molecule has 0 saturated carbocycles. The van der Waals surface area contributed by atoms with Crippen LogP contribution in [0.4, 0.5) is 0 Å². The molecule has 2 fully saturated rings. The number of nitrogens with zero attached hydrogens (tertiary/aromatic N) is 1. The molecule has 2 aliphatic rings. The highest BCUT2D eigenvalue weighted by atomic mass is 79.9. The number of quaternary nitrogens is 1. The van der Waals surface area contributed by atoms with Crippen molar-refractivity contribution >= 4 is 22.7 Å². The first-order valence-electron chi connectivity index (χ1n) is 9.44. The van der Waals surface area contributed by atoms with Gasteiger partial charge in [-0.1, -0.05) is 0 Å². The molecule has 2 unspecified atom stereocenters. The van der Waals surface area contributed by atoms with E-state index in [1.807, 2.05) is 0 Å². The number of rotatable bonds is 4.